The van der Waals surface area contributed by atoms with E-state index in [2.05, 4.69) is 34.3 Å². The van der Waals surface area contributed by atoms with Gasteiger partial charge in [0.2, 0.25) is 5.91 Å². The van der Waals surface area contributed by atoms with Gasteiger partial charge >= 0.3 is 0 Å². The lowest BCUT2D eigenvalue weighted by molar-refractivity contribution is -0.121. The summed E-state index contributed by atoms with van der Waals surface area (Å²) in [7, 11) is 4.06. The van der Waals surface area contributed by atoms with Crippen molar-refractivity contribution in [2.45, 2.75) is 25.9 Å². The lowest BCUT2D eigenvalue weighted by Gasteiger charge is -2.25. The zero-order chi connectivity index (χ0) is 18.5. The van der Waals surface area contributed by atoms with Gasteiger partial charge in [0.15, 0.2) is 0 Å². The predicted molar refractivity (Wildman–Crippen MR) is 105 cm³/mol. The Hall–Kier alpha value is -2.66. The highest BCUT2D eigenvalue weighted by molar-refractivity contribution is 5.81. The molecule has 0 saturated carbocycles. The fraction of sp³-hybridized carbons (Fsp3) is 0.333. The highest BCUT2D eigenvalue weighted by Crippen LogP contribution is 2.18. The van der Waals surface area contributed by atoms with E-state index < -0.39 is 0 Å². The summed E-state index contributed by atoms with van der Waals surface area (Å²) in [6.07, 6.45) is 0.798. The molecule has 0 spiro atoms. The van der Waals surface area contributed by atoms with E-state index in [1.807, 2.05) is 61.1 Å². The maximum absolute atomic E-state index is 12.6. The molecule has 1 amide bonds. The van der Waals surface area contributed by atoms with Crippen molar-refractivity contribution in [1.82, 2.24) is 19.8 Å². The molecule has 136 valence electrons. The van der Waals surface area contributed by atoms with E-state index in [9.17, 15) is 4.79 Å². The minimum Gasteiger partial charge on any atom is -0.353 e. The Balaban J connectivity index is 1.71. The second-order valence-electron chi connectivity index (χ2n) is 6.65. The smallest absolute Gasteiger partial charge is 0.240 e. The first-order chi connectivity index (χ1) is 12.6. The minimum absolute atomic E-state index is 0.00522. The van der Waals surface area contributed by atoms with Gasteiger partial charge in [0.25, 0.3) is 0 Å². The lowest BCUT2D eigenvalue weighted by Crippen LogP contribution is -2.36. The summed E-state index contributed by atoms with van der Waals surface area (Å²) < 4.78 is 2.01. The predicted octanol–water partition coefficient (Wildman–Crippen LogP) is 3.02. The number of amides is 1. The minimum atomic E-state index is 0.00522. The van der Waals surface area contributed by atoms with Gasteiger partial charge in [-0.25, -0.2) is 4.98 Å². The van der Waals surface area contributed by atoms with E-state index in [0.29, 0.717) is 13.1 Å². The van der Waals surface area contributed by atoms with Crippen LogP contribution in [0.5, 0.6) is 0 Å². The number of para-hydroxylation sites is 2. The third-order valence-corrected chi connectivity index (χ3v) is 4.65. The first-order valence-electron chi connectivity index (χ1n) is 9.02. The van der Waals surface area contributed by atoms with E-state index >= 15 is 0 Å². The molecule has 0 saturated heterocycles. The molecule has 1 heterocycles. The molecule has 5 nitrogen and oxygen atoms in total. The monoisotopic (exact) mass is 350 g/mol. The molecule has 0 aliphatic carbocycles. The Morgan fingerprint density at radius 1 is 1.12 bits per heavy atom. The highest BCUT2D eigenvalue weighted by atomic mass is 16.1. The number of rotatable bonds is 7. The summed E-state index contributed by atoms with van der Waals surface area (Å²) in [6, 6.07) is 18.3. The number of aromatic nitrogens is 2. The summed E-state index contributed by atoms with van der Waals surface area (Å²) in [5.74, 6) is 0.944. The van der Waals surface area contributed by atoms with Crippen molar-refractivity contribution in [3.8, 4) is 0 Å². The Labute approximate surface area is 154 Å². The van der Waals surface area contributed by atoms with Gasteiger partial charge in [-0.1, -0.05) is 49.4 Å². The standard InChI is InChI=1S/C21H26N4O/c1-4-20-23-17-12-8-9-13-18(17)25(20)15-21(26)22-14-19(24(2)3)16-10-6-5-7-11-16/h5-13,19H,4,14-15H2,1-3H3,(H,22,26)/t19-/m0/s1. The van der Waals surface area contributed by atoms with Crippen LogP contribution in [-0.2, 0) is 17.8 Å². The lowest BCUT2D eigenvalue weighted by atomic mass is 10.1. The average Bonchev–Trinajstić information content (AvgIpc) is 3.00. The molecule has 26 heavy (non-hydrogen) atoms. The summed E-state index contributed by atoms with van der Waals surface area (Å²) in [5.41, 5.74) is 3.14. The molecule has 0 bridgehead atoms. The number of carbonyl (C=O) groups excluding carboxylic acids is 1. The third-order valence-electron chi connectivity index (χ3n) is 4.65. The van der Waals surface area contributed by atoms with Crippen LogP contribution in [0.1, 0.15) is 24.4 Å². The first-order valence-corrected chi connectivity index (χ1v) is 9.02. The van der Waals surface area contributed by atoms with Crippen LogP contribution >= 0.6 is 0 Å². The van der Waals surface area contributed by atoms with Crippen molar-refractivity contribution in [2.75, 3.05) is 20.6 Å². The molecule has 0 aliphatic rings. The zero-order valence-electron chi connectivity index (χ0n) is 15.6. The van der Waals surface area contributed by atoms with Gasteiger partial charge < -0.3 is 14.8 Å². The zero-order valence-corrected chi connectivity index (χ0v) is 15.6. The maximum atomic E-state index is 12.6. The van der Waals surface area contributed by atoms with Gasteiger partial charge in [-0.15, -0.1) is 0 Å². The number of nitrogens with zero attached hydrogens (tertiary/aromatic N) is 3. The van der Waals surface area contributed by atoms with Crippen LogP contribution in [0.4, 0.5) is 0 Å². The van der Waals surface area contributed by atoms with Gasteiger partial charge in [0, 0.05) is 13.0 Å². The quantitative estimate of drug-likeness (QED) is 0.713. The Kier molecular flexibility index (Phi) is 5.68. The Morgan fingerprint density at radius 2 is 1.81 bits per heavy atom. The molecule has 0 radical (unpaired) electrons. The van der Waals surface area contributed by atoms with Crippen LogP contribution in [0.25, 0.3) is 11.0 Å². The van der Waals surface area contributed by atoms with Gasteiger partial charge in [-0.2, -0.15) is 0 Å². The highest BCUT2D eigenvalue weighted by Gasteiger charge is 2.16. The van der Waals surface area contributed by atoms with Crippen LogP contribution < -0.4 is 5.32 Å². The van der Waals surface area contributed by atoms with E-state index in [-0.39, 0.29) is 11.9 Å². The molecule has 0 fully saturated rings. The van der Waals surface area contributed by atoms with Gasteiger partial charge in [0.05, 0.1) is 17.1 Å². The molecule has 3 aromatic rings. The van der Waals surface area contributed by atoms with Crippen LogP contribution in [0, 0.1) is 0 Å². The number of hydrogen-bond donors (Lipinski definition) is 1. The number of imidazole rings is 1. The second kappa shape index (κ2) is 8.15. The van der Waals surface area contributed by atoms with Crippen LogP contribution in [0.3, 0.4) is 0 Å². The number of aryl methyl sites for hydroxylation is 1. The van der Waals surface area contributed by atoms with E-state index in [1.54, 1.807) is 0 Å². The van der Waals surface area contributed by atoms with Crippen molar-refractivity contribution in [3.05, 3.63) is 66.0 Å². The fourth-order valence-electron chi connectivity index (χ4n) is 3.26. The normalized spacial score (nSPS) is 12.5. The van der Waals surface area contributed by atoms with Gasteiger partial charge in [0.1, 0.15) is 12.4 Å². The fourth-order valence-corrected chi connectivity index (χ4v) is 3.26. The van der Waals surface area contributed by atoms with Crippen molar-refractivity contribution >= 4 is 16.9 Å². The Morgan fingerprint density at radius 3 is 2.50 bits per heavy atom. The number of benzene rings is 2. The molecule has 0 unspecified atom stereocenters. The number of carbonyl (C=O) groups is 1. The average molecular weight is 350 g/mol. The van der Waals surface area contributed by atoms with Crippen molar-refractivity contribution in [2.24, 2.45) is 0 Å². The van der Waals surface area contributed by atoms with E-state index in [0.717, 1.165) is 23.3 Å². The van der Waals surface area contributed by atoms with Crippen molar-refractivity contribution < 1.29 is 4.79 Å². The van der Waals surface area contributed by atoms with E-state index in [1.165, 1.54) is 5.56 Å². The summed E-state index contributed by atoms with van der Waals surface area (Å²) in [6.45, 7) is 2.93. The third kappa shape index (κ3) is 3.94. The molecule has 1 aromatic heterocycles. The molecule has 2 aromatic carbocycles. The maximum Gasteiger partial charge on any atom is 0.240 e. The number of hydrogen-bond acceptors (Lipinski definition) is 3. The molecule has 0 aliphatic heterocycles. The van der Waals surface area contributed by atoms with Crippen molar-refractivity contribution in [1.29, 1.82) is 0 Å². The topological polar surface area (TPSA) is 50.2 Å². The molecular weight excluding hydrogens is 324 g/mol. The van der Waals surface area contributed by atoms with Crippen molar-refractivity contribution in [3.63, 3.8) is 0 Å². The number of likely N-dealkylation sites (N-methyl/N-ethyl adjacent to an activating group) is 1. The van der Waals surface area contributed by atoms with Gasteiger partial charge in [-0.05, 0) is 31.8 Å². The summed E-state index contributed by atoms with van der Waals surface area (Å²) >= 11 is 0. The van der Waals surface area contributed by atoms with E-state index in [4.69, 9.17) is 0 Å². The molecule has 1 N–H and O–H groups in total. The number of nitrogens with one attached hydrogen (secondary N) is 1. The molecular formula is C21H26N4O. The molecule has 5 heteroatoms. The largest absolute Gasteiger partial charge is 0.353 e. The number of fused-ring (bicyclic) bond motifs is 1. The van der Waals surface area contributed by atoms with Crippen LogP contribution in [0.2, 0.25) is 0 Å². The Bertz CT molecular complexity index is 870. The molecule has 1 atom stereocenters. The summed E-state index contributed by atoms with van der Waals surface area (Å²) in [5, 5.41) is 3.09. The summed E-state index contributed by atoms with van der Waals surface area (Å²) in [4.78, 5) is 19.4. The van der Waals surface area contributed by atoms with Crippen LogP contribution in [-0.4, -0.2) is 41.0 Å². The second-order valence-corrected chi connectivity index (χ2v) is 6.65. The van der Waals surface area contributed by atoms with Gasteiger partial charge in [-0.3, -0.25) is 4.79 Å². The van der Waals surface area contributed by atoms with Crippen LogP contribution in [0.15, 0.2) is 54.6 Å². The SMILES string of the molecule is CCc1nc2ccccc2n1CC(=O)NC[C@@H](c1ccccc1)N(C)C. The molecule has 3 rings (SSSR count). The first kappa shape index (κ1) is 18.1.